The van der Waals surface area contributed by atoms with Gasteiger partial charge in [0.15, 0.2) is 0 Å². The number of anilines is 1. The smallest absolute Gasteiger partial charge is 0 e. The first-order chi connectivity index (χ1) is 5.80. The van der Waals surface area contributed by atoms with Gasteiger partial charge in [0.05, 0.1) is 0 Å². The van der Waals surface area contributed by atoms with E-state index in [9.17, 15) is 0 Å². The summed E-state index contributed by atoms with van der Waals surface area (Å²) >= 11 is 0. The van der Waals surface area contributed by atoms with Gasteiger partial charge < -0.3 is 36.1 Å². The summed E-state index contributed by atoms with van der Waals surface area (Å²) < 4.78 is 0. The van der Waals surface area contributed by atoms with Crippen molar-refractivity contribution in [2.75, 3.05) is 5.73 Å². The van der Waals surface area contributed by atoms with Gasteiger partial charge in [0.2, 0.25) is 0 Å². The molecule has 13 heavy (non-hydrogen) atoms. The van der Waals surface area contributed by atoms with Crippen LogP contribution in [0.4, 0.5) is 5.69 Å². The molecule has 0 aromatic heterocycles. The molecule has 0 bridgehead atoms. The maximum absolute atomic E-state index is 5.44. The molecule has 2 heteroatoms. The average molecular weight is 215 g/mol. The molecule has 0 saturated carbocycles. The quantitative estimate of drug-likeness (QED) is 0.530. The summed E-state index contributed by atoms with van der Waals surface area (Å²) in [7, 11) is 0. The number of nitrogen functional groups attached to an aromatic ring is 1. The number of rotatable bonds is 0. The van der Waals surface area contributed by atoms with Crippen LogP contribution < -0.4 is 5.73 Å². The Kier molecular flexibility index (Phi) is 6.03. The zero-order valence-corrected chi connectivity index (χ0v) is 8.65. The molecule has 2 rings (SSSR count). The molecule has 1 nitrogen and oxygen atoms in total. The summed E-state index contributed by atoms with van der Waals surface area (Å²) in [5, 5.41) is 0. The van der Waals surface area contributed by atoms with Crippen molar-refractivity contribution in [1.82, 2.24) is 0 Å². The minimum absolute atomic E-state index is 0. The van der Waals surface area contributed by atoms with Crippen LogP contribution in [0.5, 0.6) is 0 Å². The molecule has 0 radical (unpaired) electrons. The van der Waals surface area contributed by atoms with Crippen LogP contribution in [0.15, 0.2) is 48.5 Å². The Morgan fingerprint density at radius 3 is 1.77 bits per heavy atom. The molecule has 0 spiro atoms. The van der Waals surface area contributed by atoms with Crippen molar-refractivity contribution >= 4 is 5.69 Å². The molecular weight excluding hydrogens is 202 g/mol. The molecule has 0 unspecified atom stereocenters. The van der Waals surface area contributed by atoms with E-state index in [1.165, 1.54) is 5.56 Å². The van der Waals surface area contributed by atoms with Crippen LogP contribution in [-0.2, 0) is 17.1 Å². The summed E-state index contributed by atoms with van der Waals surface area (Å²) in [6.45, 7) is 2.00. The van der Waals surface area contributed by atoms with Gasteiger partial charge in [-0.15, -0.1) is 5.56 Å². The topological polar surface area (TPSA) is 26.0 Å². The van der Waals surface area contributed by atoms with E-state index in [-0.39, 0.29) is 17.1 Å². The Labute approximate surface area is 89.8 Å². The molecule has 0 heterocycles. The van der Waals surface area contributed by atoms with E-state index in [0.717, 1.165) is 5.69 Å². The van der Waals surface area contributed by atoms with Crippen LogP contribution in [0.1, 0.15) is 5.56 Å². The fraction of sp³-hybridized carbons (Fsp3) is 0.0909. The van der Waals surface area contributed by atoms with Crippen molar-refractivity contribution in [3.63, 3.8) is 0 Å². The SMILES string of the molecule is C[c-]1cccc1N.[Fe].[cH-]1[cH-][cH-][cH-][cH-]1. The maximum Gasteiger partial charge on any atom is 0 e. The van der Waals surface area contributed by atoms with Crippen LogP contribution in [0.2, 0.25) is 0 Å². The summed E-state index contributed by atoms with van der Waals surface area (Å²) in [6.07, 6.45) is 0. The van der Waals surface area contributed by atoms with Crippen molar-refractivity contribution < 1.29 is 17.1 Å². The first-order valence-corrected chi connectivity index (χ1v) is 3.95. The Morgan fingerprint density at radius 1 is 1.15 bits per heavy atom. The fourth-order valence-electron chi connectivity index (χ4n) is 0.845. The van der Waals surface area contributed by atoms with E-state index in [0.29, 0.717) is 0 Å². The van der Waals surface area contributed by atoms with E-state index in [2.05, 4.69) is 0 Å². The number of hydrogen-bond acceptors (Lipinski definition) is 1. The Hall–Kier alpha value is -0.981. The van der Waals surface area contributed by atoms with E-state index >= 15 is 0 Å². The third-order valence-electron chi connectivity index (χ3n) is 1.63. The monoisotopic (exact) mass is 215 g/mol. The predicted molar refractivity (Wildman–Crippen MR) is 53.2 cm³/mol. The fourth-order valence-corrected chi connectivity index (χ4v) is 0.845. The second kappa shape index (κ2) is 6.53. The number of hydrogen-bond donors (Lipinski definition) is 1. The third-order valence-corrected chi connectivity index (χ3v) is 1.63. The van der Waals surface area contributed by atoms with Crippen molar-refractivity contribution in [3.05, 3.63) is 54.1 Å². The predicted octanol–water partition coefficient (Wildman–Crippen LogP) is 2.70. The van der Waals surface area contributed by atoms with Crippen LogP contribution >= 0.6 is 0 Å². The third kappa shape index (κ3) is 4.56. The van der Waals surface area contributed by atoms with E-state index in [4.69, 9.17) is 5.73 Å². The standard InChI is InChI=1S/C6H8N.C5H5.Fe/c1-5-3-2-4-6(5)7;1-2-4-5-3-1;/h2-4H,7H2,1H3;1-5H;/q-1;-5;. The molecule has 0 aliphatic carbocycles. The maximum atomic E-state index is 5.44. The summed E-state index contributed by atoms with van der Waals surface area (Å²) in [5.41, 5.74) is 7.50. The summed E-state index contributed by atoms with van der Waals surface area (Å²) in [5.74, 6) is 0. The van der Waals surface area contributed by atoms with E-state index in [1.807, 2.05) is 55.5 Å². The van der Waals surface area contributed by atoms with Gasteiger partial charge in [0.25, 0.3) is 0 Å². The largest absolute Gasteiger partial charge is 0.748 e. The molecule has 0 saturated heterocycles. The van der Waals surface area contributed by atoms with Gasteiger partial charge in [-0.25, -0.2) is 6.07 Å². The molecule has 0 aliphatic heterocycles. The zero-order valence-electron chi connectivity index (χ0n) is 7.55. The van der Waals surface area contributed by atoms with Crippen LogP contribution in [-0.4, -0.2) is 0 Å². The van der Waals surface area contributed by atoms with Crippen molar-refractivity contribution in [2.45, 2.75) is 6.92 Å². The first-order valence-electron chi connectivity index (χ1n) is 3.95. The Balaban J connectivity index is 0.000000215. The van der Waals surface area contributed by atoms with Crippen molar-refractivity contribution in [3.8, 4) is 0 Å². The summed E-state index contributed by atoms with van der Waals surface area (Å²) in [6, 6.07) is 15.8. The first kappa shape index (κ1) is 12.0. The molecule has 2 aromatic rings. The minimum Gasteiger partial charge on any atom is -0.748 e. The molecule has 0 aliphatic rings. The number of nitrogens with two attached hydrogens (primary N) is 1. The van der Waals surface area contributed by atoms with Gasteiger partial charge >= 0.3 is 0 Å². The Bertz CT molecular complexity index is 262. The Morgan fingerprint density at radius 2 is 1.62 bits per heavy atom. The average Bonchev–Trinajstić information content (AvgIpc) is 2.67. The van der Waals surface area contributed by atoms with Crippen molar-refractivity contribution in [1.29, 1.82) is 0 Å². The van der Waals surface area contributed by atoms with Gasteiger partial charge in [-0.1, -0.05) is 12.6 Å². The van der Waals surface area contributed by atoms with Crippen LogP contribution in [0.25, 0.3) is 0 Å². The van der Waals surface area contributed by atoms with Crippen LogP contribution in [0, 0.1) is 6.92 Å². The molecule has 0 fully saturated rings. The van der Waals surface area contributed by atoms with Crippen molar-refractivity contribution in [2.24, 2.45) is 0 Å². The molecule has 0 amide bonds. The molecule has 76 valence electrons. The molecule has 2 aromatic carbocycles. The normalized spacial score (nSPS) is 8.08. The van der Waals surface area contributed by atoms with Gasteiger partial charge in [-0.3, -0.25) is 0 Å². The second-order valence-electron chi connectivity index (χ2n) is 2.63. The molecule has 0 atom stereocenters. The van der Waals surface area contributed by atoms with Gasteiger partial charge in [-0.2, -0.15) is 12.1 Å². The molecular formula is C11H13FeN-6. The van der Waals surface area contributed by atoms with Gasteiger partial charge in [0.1, 0.15) is 0 Å². The molecule has 2 N–H and O–H groups in total. The van der Waals surface area contributed by atoms with E-state index < -0.39 is 0 Å². The minimum atomic E-state index is 0. The van der Waals surface area contributed by atoms with Gasteiger partial charge in [0, 0.05) is 17.1 Å². The van der Waals surface area contributed by atoms with E-state index in [1.54, 1.807) is 0 Å². The second-order valence-corrected chi connectivity index (χ2v) is 2.63. The zero-order chi connectivity index (χ0) is 8.81. The van der Waals surface area contributed by atoms with Gasteiger partial charge in [-0.05, 0) is 0 Å². The van der Waals surface area contributed by atoms with Crippen LogP contribution in [0.3, 0.4) is 0 Å². The summed E-state index contributed by atoms with van der Waals surface area (Å²) in [4.78, 5) is 0. The number of aryl methyl sites for hydroxylation is 1.